The minimum Gasteiger partial charge on any atom is -0.482 e. The molecule has 7 nitrogen and oxygen atoms in total. The molecule has 0 aliphatic carbocycles. The number of hydrogen-bond donors (Lipinski definition) is 1. The molecule has 1 aromatic heterocycles. The van der Waals surface area contributed by atoms with Gasteiger partial charge in [0.1, 0.15) is 11.6 Å². The number of ether oxygens (including phenoxy) is 1. The Kier molecular flexibility index (Phi) is 4.60. The van der Waals surface area contributed by atoms with Crippen molar-refractivity contribution in [3.63, 3.8) is 0 Å². The van der Waals surface area contributed by atoms with Gasteiger partial charge in [0.2, 0.25) is 0 Å². The van der Waals surface area contributed by atoms with Crippen molar-refractivity contribution >= 4 is 28.4 Å². The molecule has 28 heavy (non-hydrogen) atoms. The number of ketones is 1. The van der Waals surface area contributed by atoms with Gasteiger partial charge in [0, 0.05) is 5.56 Å². The summed E-state index contributed by atoms with van der Waals surface area (Å²) in [4.78, 5) is 31.6. The van der Waals surface area contributed by atoms with Crippen LogP contribution < -0.4 is 10.1 Å². The maximum absolute atomic E-state index is 13.3. The molecule has 2 heterocycles. The van der Waals surface area contributed by atoms with Crippen LogP contribution in [0.4, 0.5) is 5.69 Å². The minimum absolute atomic E-state index is 0.00832. The van der Waals surface area contributed by atoms with Crippen LogP contribution in [0.5, 0.6) is 5.75 Å². The van der Waals surface area contributed by atoms with Gasteiger partial charge in [-0.15, -0.1) is 0 Å². The van der Waals surface area contributed by atoms with Crippen LogP contribution in [0.3, 0.4) is 0 Å². The Hall–Kier alpha value is -3.19. The topological polar surface area (TPSA) is 76.5 Å². The van der Waals surface area contributed by atoms with Crippen LogP contribution in [0, 0.1) is 0 Å². The highest BCUT2D eigenvalue weighted by Crippen LogP contribution is 2.31. The van der Waals surface area contributed by atoms with Crippen molar-refractivity contribution in [3.8, 4) is 5.75 Å². The number of benzene rings is 2. The Morgan fingerprint density at radius 3 is 2.86 bits per heavy atom. The predicted molar refractivity (Wildman–Crippen MR) is 107 cm³/mol. The molecule has 4 rings (SSSR count). The molecule has 2 aromatic carbocycles. The van der Waals surface area contributed by atoms with Gasteiger partial charge < -0.3 is 19.5 Å². The molecule has 7 heteroatoms. The lowest BCUT2D eigenvalue weighted by atomic mass is 10.0. The number of carbonyl (C=O) groups excluding carboxylic acids is 2. The number of aromatic nitrogens is 2. The molecule has 1 N–H and O–H groups in total. The van der Waals surface area contributed by atoms with Gasteiger partial charge in [0.25, 0.3) is 5.91 Å². The van der Waals surface area contributed by atoms with Crippen LogP contribution >= 0.6 is 0 Å². The maximum atomic E-state index is 13.3. The third-order valence-corrected chi connectivity index (χ3v) is 4.79. The predicted octanol–water partition coefficient (Wildman–Crippen LogP) is 2.87. The number of Topliss-reactive ketones (excluding diaryl/α,β-unsaturated/α-hetero) is 1. The van der Waals surface area contributed by atoms with Gasteiger partial charge in [-0.2, -0.15) is 0 Å². The molecular weight excluding hydrogens is 356 g/mol. The first-order valence-electron chi connectivity index (χ1n) is 9.15. The zero-order valence-corrected chi connectivity index (χ0v) is 16.1. The van der Waals surface area contributed by atoms with E-state index in [2.05, 4.69) is 5.32 Å². The molecule has 0 fully saturated rings. The molecule has 1 amide bonds. The average Bonchev–Trinajstić information content (AvgIpc) is 3.03. The molecule has 0 bridgehead atoms. The molecule has 0 spiro atoms. The first kappa shape index (κ1) is 18.2. The van der Waals surface area contributed by atoms with Gasteiger partial charge >= 0.3 is 0 Å². The largest absolute Gasteiger partial charge is 0.482 e. The summed E-state index contributed by atoms with van der Waals surface area (Å²) in [7, 11) is 3.95. The van der Waals surface area contributed by atoms with E-state index in [9.17, 15) is 9.59 Å². The summed E-state index contributed by atoms with van der Waals surface area (Å²) in [6.45, 7) is 2.50. The van der Waals surface area contributed by atoms with Gasteiger partial charge in [-0.25, -0.2) is 4.98 Å². The summed E-state index contributed by atoms with van der Waals surface area (Å²) in [5.74, 6) is 1.14. The number of nitrogens with one attached hydrogen (secondary N) is 1. The first-order chi connectivity index (χ1) is 13.4. The van der Waals surface area contributed by atoms with Crippen LogP contribution in [0.25, 0.3) is 11.0 Å². The number of amides is 1. The molecule has 0 saturated carbocycles. The average molecular weight is 378 g/mol. The normalized spacial score (nSPS) is 14.5. The molecule has 1 aliphatic rings. The van der Waals surface area contributed by atoms with Crippen molar-refractivity contribution < 1.29 is 14.3 Å². The second-order valence-corrected chi connectivity index (χ2v) is 7.21. The number of carbonyl (C=O) groups is 2. The first-order valence-corrected chi connectivity index (χ1v) is 9.15. The highest BCUT2D eigenvalue weighted by molar-refractivity contribution is 6.02. The SMILES string of the molecule is CC(C(=O)c1ccc2c(c1)NC(=O)CO2)n1c(CN(C)C)nc2ccccc21. The molecule has 0 saturated heterocycles. The lowest BCUT2D eigenvalue weighted by Gasteiger charge is -2.21. The van der Waals surface area contributed by atoms with Gasteiger partial charge in [-0.05, 0) is 51.4 Å². The van der Waals surface area contributed by atoms with Crippen LogP contribution in [0.15, 0.2) is 42.5 Å². The van der Waals surface area contributed by atoms with Crippen molar-refractivity contribution in [1.82, 2.24) is 14.5 Å². The Morgan fingerprint density at radius 2 is 2.07 bits per heavy atom. The third kappa shape index (κ3) is 3.25. The van der Waals surface area contributed by atoms with Crippen LogP contribution in [0.2, 0.25) is 0 Å². The summed E-state index contributed by atoms with van der Waals surface area (Å²) in [6, 6.07) is 12.5. The van der Waals surface area contributed by atoms with Gasteiger partial charge in [0.05, 0.1) is 29.3 Å². The molecule has 0 radical (unpaired) electrons. The van der Waals surface area contributed by atoms with E-state index in [1.807, 2.05) is 54.8 Å². The summed E-state index contributed by atoms with van der Waals surface area (Å²) in [5.41, 5.74) is 2.84. The molecule has 1 aliphatic heterocycles. The standard InChI is InChI=1S/C21H22N4O3/c1-13(21(27)14-8-9-18-16(10-14)23-20(26)12-28-18)25-17-7-5-4-6-15(17)22-19(25)11-24(2)3/h4-10,13H,11-12H2,1-3H3,(H,23,26). The van der Waals surface area contributed by atoms with Crippen LogP contribution in [-0.4, -0.2) is 46.8 Å². The van der Waals surface area contributed by atoms with Crippen LogP contribution in [-0.2, 0) is 11.3 Å². The van der Waals surface area contributed by atoms with E-state index in [0.29, 0.717) is 23.5 Å². The molecule has 1 unspecified atom stereocenters. The fraction of sp³-hybridized carbons (Fsp3) is 0.286. The molecule has 3 aromatic rings. The highest BCUT2D eigenvalue weighted by Gasteiger charge is 2.25. The van der Waals surface area contributed by atoms with Crippen molar-refractivity contribution in [2.24, 2.45) is 0 Å². The second kappa shape index (κ2) is 7.09. The maximum Gasteiger partial charge on any atom is 0.262 e. The molecule has 1 atom stereocenters. The van der Waals surface area contributed by atoms with Crippen molar-refractivity contribution in [2.45, 2.75) is 19.5 Å². The van der Waals surface area contributed by atoms with E-state index in [1.54, 1.807) is 18.2 Å². The summed E-state index contributed by atoms with van der Waals surface area (Å²) in [5, 5.41) is 2.75. The van der Waals surface area contributed by atoms with E-state index in [-0.39, 0.29) is 18.3 Å². The zero-order chi connectivity index (χ0) is 19.8. The van der Waals surface area contributed by atoms with E-state index in [1.165, 1.54) is 0 Å². The molecular formula is C21H22N4O3. The van der Waals surface area contributed by atoms with E-state index in [0.717, 1.165) is 16.9 Å². The van der Waals surface area contributed by atoms with Gasteiger partial charge in [0.15, 0.2) is 12.4 Å². The minimum atomic E-state index is -0.444. The van der Waals surface area contributed by atoms with Gasteiger partial charge in [-0.3, -0.25) is 9.59 Å². The smallest absolute Gasteiger partial charge is 0.262 e. The summed E-state index contributed by atoms with van der Waals surface area (Å²) >= 11 is 0. The van der Waals surface area contributed by atoms with E-state index < -0.39 is 6.04 Å². The Bertz CT molecular complexity index is 1070. The lowest BCUT2D eigenvalue weighted by molar-refractivity contribution is -0.118. The highest BCUT2D eigenvalue weighted by atomic mass is 16.5. The monoisotopic (exact) mass is 378 g/mol. The second-order valence-electron chi connectivity index (χ2n) is 7.21. The summed E-state index contributed by atoms with van der Waals surface area (Å²) in [6.07, 6.45) is 0. The number of anilines is 1. The van der Waals surface area contributed by atoms with E-state index >= 15 is 0 Å². The fourth-order valence-corrected chi connectivity index (χ4v) is 3.52. The van der Waals surface area contributed by atoms with E-state index in [4.69, 9.17) is 9.72 Å². The number of para-hydroxylation sites is 2. The molecule has 144 valence electrons. The lowest BCUT2D eigenvalue weighted by Crippen LogP contribution is -2.26. The number of hydrogen-bond acceptors (Lipinski definition) is 5. The summed E-state index contributed by atoms with van der Waals surface area (Å²) < 4.78 is 7.37. The zero-order valence-electron chi connectivity index (χ0n) is 16.1. The quantitative estimate of drug-likeness (QED) is 0.691. The number of fused-ring (bicyclic) bond motifs is 2. The fourth-order valence-electron chi connectivity index (χ4n) is 3.52. The van der Waals surface area contributed by atoms with Crippen molar-refractivity contribution in [2.75, 3.05) is 26.0 Å². The Balaban J connectivity index is 1.73. The van der Waals surface area contributed by atoms with Crippen molar-refractivity contribution in [1.29, 1.82) is 0 Å². The van der Waals surface area contributed by atoms with Gasteiger partial charge in [-0.1, -0.05) is 12.1 Å². The Labute approximate surface area is 162 Å². The van der Waals surface area contributed by atoms with Crippen molar-refractivity contribution in [3.05, 3.63) is 53.9 Å². The number of rotatable bonds is 5. The van der Waals surface area contributed by atoms with Crippen LogP contribution in [0.1, 0.15) is 29.1 Å². The number of nitrogens with zero attached hydrogens (tertiary/aromatic N) is 3. The third-order valence-electron chi connectivity index (χ3n) is 4.79. The Morgan fingerprint density at radius 1 is 1.29 bits per heavy atom. The number of imidazole rings is 1.